The zero-order chi connectivity index (χ0) is 7.11. The molecule has 0 atom stereocenters. The van der Waals surface area contributed by atoms with Crippen molar-refractivity contribution in [1.82, 2.24) is 0 Å². The van der Waals surface area contributed by atoms with Crippen molar-refractivity contribution in [3.63, 3.8) is 0 Å². The Balaban J connectivity index is 3.16. The quantitative estimate of drug-likeness (QED) is 0.309. The van der Waals surface area contributed by atoms with Gasteiger partial charge in [-0.3, -0.25) is 0 Å². The van der Waals surface area contributed by atoms with Gasteiger partial charge in [-0.15, -0.1) is 6.58 Å². The van der Waals surface area contributed by atoms with Crippen LogP contribution in [0.5, 0.6) is 0 Å². The third-order valence-electron chi connectivity index (χ3n) is 0.812. The minimum Gasteiger partial charge on any atom is -0.373 e. The van der Waals surface area contributed by atoms with Gasteiger partial charge in [-0.1, -0.05) is 25.3 Å². The van der Waals surface area contributed by atoms with Gasteiger partial charge in [-0.25, -0.2) is 0 Å². The number of hydrogen-bond donors (Lipinski definition) is 0. The van der Waals surface area contributed by atoms with Gasteiger partial charge in [0.1, 0.15) is 0 Å². The normalized spacial score (nSPS) is 8.44. The molecule has 0 aliphatic carbocycles. The molecule has 0 aliphatic heterocycles. The molecule has 0 aromatic carbocycles. The van der Waals surface area contributed by atoms with Crippen LogP contribution in [0.25, 0.3) is 0 Å². The monoisotopic (exact) mass is 124 g/mol. The van der Waals surface area contributed by atoms with E-state index >= 15 is 0 Å². The molecule has 0 fully saturated rings. The molecule has 0 N–H and O–H groups in total. The molecule has 50 valence electrons. The fraction of sp³-hybridized carbons (Fsp3) is 0.250. The molecule has 0 saturated heterocycles. The number of ether oxygens (including phenoxy) is 1. The van der Waals surface area contributed by atoms with Crippen LogP contribution in [-0.4, -0.2) is 13.2 Å². The molecule has 0 heterocycles. The summed E-state index contributed by atoms with van der Waals surface area (Å²) in [5, 5.41) is 0. The standard InChI is InChI=1S/C8H12O/c1-4-6-9-7-8(3)5-2/h4-5H,1-3,6-7H2. The number of hydrogen-bond acceptors (Lipinski definition) is 1. The summed E-state index contributed by atoms with van der Waals surface area (Å²) in [7, 11) is 0. The Bertz CT molecular complexity index is 114. The van der Waals surface area contributed by atoms with Crippen LogP contribution in [0, 0.1) is 0 Å². The molecular formula is C8H12O. The Hall–Kier alpha value is -0.820. The predicted molar refractivity (Wildman–Crippen MR) is 40.4 cm³/mol. The van der Waals surface area contributed by atoms with Crippen molar-refractivity contribution < 1.29 is 4.74 Å². The molecule has 0 spiro atoms. The minimum absolute atomic E-state index is 0.551. The fourth-order valence-electron chi connectivity index (χ4n) is 0.332. The SMILES string of the molecule is C=CCOCC(=C)C=C. The summed E-state index contributed by atoms with van der Waals surface area (Å²) in [6.45, 7) is 11.8. The smallest absolute Gasteiger partial charge is 0.0715 e. The van der Waals surface area contributed by atoms with Crippen LogP contribution in [0.4, 0.5) is 0 Å². The van der Waals surface area contributed by atoms with Crippen molar-refractivity contribution in [2.24, 2.45) is 0 Å². The lowest BCUT2D eigenvalue weighted by Gasteiger charge is -1.97. The van der Waals surface area contributed by atoms with Crippen molar-refractivity contribution in [2.75, 3.05) is 13.2 Å². The third kappa shape index (κ3) is 5.04. The van der Waals surface area contributed by atoms with E-state index in [0.717, 1.165) is 5.57 Å². The van der Waals surface area contributed by atoms with Gasteiger partial charge in [0.15, 0.2) is 0 Å². The maximum atomic E-state index is 5.05. The van der Waals surface area contributed by atoms with Crippen LogP contribution in [0.3, 0.4) is 0 Å². The summed E-state index contributed by atoms with van der Waals surface area (Å²) in [5.41, 5.74) is 0.900. The van der Waals surface area contributed by atoms with E-state index in [1.54, 1.807) is 12.2 Å². The van der Waals surface area contributed by atoms with Crippen molar-refractivity contribution in [3.8, 4) is 0 Å². The Kier molecular flexibility index (Phi) is 4.83. The van der Waals surface area contributed by atoms with Gasteiger partial charge in [0, 0.05) is 0 Å². The molecule has 0 radical (unpaired) electrons. The van der Waals surface area contributed by atoms with Crippen LogP contribution in [0.1, 0.15) is 0 Å². The lowest BCUT2D eigenvalue weighted by atomic mass is 10.3. The molecule has 9 heavy (non-hydrogen) atoms. The Morgan fingerprint density at radius 2 is 2.11 bits per heavy atom. The second kappa shape index (κ2) is 5.32. The molecule has 0 aliphatic rings. The first-order valence-electron chi connectivity index (χ1n) is 2.80. The summed E-state index contributed by atoms with van der Waals surface area (Å²) >= 11 is 0. The van der Waals surface area contributed by atoms with E-state index in [1.165, 1.54) is 0 Å². The van der Waals surface area contributed by atoms with Crippen molar-refractivity contribution >= 4 is 0 Å². The van der Waals surface area contributed by atoms with Gasteiger partial charge in [-0.05, 0) is 5.57 Å². The molecule has 0 aromatic heterocycles. The summed E-state index contributed by atoms with van der Waals surface area (Å²) in [4.78, 5) is 0. The predicted octanol–water partition coefficient (Wildman–Crippen LogP) is 1.93. The highest BCUT2D eigenvalue weighted by atomic mass is 16.5. The van der Waals surface area contributed by atoms with Gasteiger partial charge in [0.05, 0.1) is 13.2 Å². The lowest BCUT2D eigenvalue weighted by molar-refractivity contribution is 0.189. The first-order valence-corrected chi connectivity index (χ1v) is 2.80. The van der Waals surface area contributed by atoms with E-state index in [1.807, 2.05) is 0 Å². The van der Waals surface area contributed by atoms with E-state index in [9.17, 15) is 0 Å². The largest absolute Gasteiger partial charge is 0.373 e. The van der Waals surface area contributed by atoms with Gasteiger partial charge in [-0.2, -0.15) is 0 Å². The van der Waals surface area contributed by atoms with Crippen LogP contribution < -0.4 is 0 Å². The number of rotatable bonds is 5. The third-order valence-corrected chi connectivity index (χ3v) is 0.812. The molecular weight excluding hydrogens is 112 g/mol. The second-order valence-electron chi connectivity index (χ2n) is 1.67. The van der Waals surface area contributed by atoms with E-state index in [2.05, 4.69) is 19.7 Å². The average molecular weight is 124 g/mol. The van der Waals surface area contributed by atoms with Crippen molar-refractivity contribution in [2.45, 2.75) is 0 Å². The zero-order valence-corrected chi connectivity index (χ0v) is 5.60. The average Bonchev–Trinajstić information content (AvgIpc) is 1.89. The highest BCUT2D eigenvalue weighted by Gasteiger charge is 1.83. The summed E-state index contributed by atoms with van der Waals surface area (Å²) < 4.78 is 5.05. The van der Waals surface area contributed by atoms with Gasteiger partial charge in [0.25, 0.3) is 0 Å². The summed E-state index contributed by atoms with van der Waals surface area (Å²) in [5.74, 6) is 0. The van der Waals surface area contributed by atoms with Crippen LogP contribution in [-0.2, 0) is 4.74 Å². The molecule has 1 nitrogen and oxygen atoms in total. The highest BCUT2D eigenvalue weighted by molar-refractivity contribution is 5.10. The fourth-order valence-corrected chi connectivity index (χ4v) is 0.332. The van der Waals surface area contributed by atoms with E-state index in [-0.39, 0.29) is 0 Å². The topological polar surface area (TPSA) is 9.23 Å². The van der Waals surface area contributed by atoms with Crippen LogP contribution in [0.2, 0.25) is 0 Å². The van der Waals surface area contributed by atoms with Crippen molar-refractivity contribution in [3.05, 3.63) is 37.5 Å². The highest BCUT2D eigenvalue weighted by Crippen LogP contribution is 1.90. The van der Waals surface area contributed by atoms with Gasteiger partial charge >= 0.3 is 0 Å². The summed E-state index contributed by atoms with van der Waals surface area (Å²) in [6.07, 6.45) is 3.39. The van der Waals surface area contributed by atoms with Crippen LogP contribution >= 0.6 is 0 Å². The van der Waals surface area contributed by atoms with Gasteiger partial charge in [0.2, 0.25) is 0 Å². The molecule has 0 unspecified atom stereocenters. The summed E-state index contributed by atoms with van der Waals surface area (Å²) in [6, 6.07) is 0. The van der Waals surface area contributed by atoms with E-state index < -0.39 is 0 Å². The zero-order valence-electron chi connectivity index (χ0n) is 5.60. The van der Waals surface area contributed by atoms with E-state index in [0.29, 0.717) is 13.2 Å². The van der Waals surface area contributed by atoms with Gasteiger partial charge < -0.3 is 4.74 Å². The molecule has 1 heteroatoms. The Morgan fingerprint density at radius 3 is 2.56 bits per heavy atom. The maximum Gasteiger partial charge on any atom is 0.0715 e. The second-order valence-corrected chi connectivity index (χ2v) is 1.67. The van der Waals surface area contributed by atoms with Crippen molar-refractivity contribution in [1.29, 1.82) is 0 Å². The van der Waals surface area contributed by atoms with Crippen LogP contribution in [0.15, 0.2) is 37.5 Å². The molecule has 0 saturated carbocycles. The molecule has 0 rings (SSSR count). The molecule has 0 bridgehead atoms. The first-order chi connectivity index (χ1) is 4.31. The molecule has 0 amide bonds. The Labute approximate surface area is 56.3 Å². The molecule has 0 aromatic rings. The maximum absolute atomic E-state index is 5.05. The van der Waals surface area contributed by atoms with E-state index in [4.69, 9.17) is 4.74 Å². The first kappa shape index (κ1) is 8.18. The Morgan fingerprint density at radius 1 is 1.44 bits per heavy atom. The lowest BCUT2D eigenvalue weighted by Crippen LogP contribution is -1.94. The minimum atomic E-state index is 0.551.